The first-order valence-electron chi connectivity index (χ1n) is 3.86. The molecule has 0 atom stereocenters. The molecule has 0 bridgehead atoms. The molecule has 0 aliphatic rings. The zero-order valence-electron chi connectivity index (χ0n) is 7.60. The van der Waals surface area contributed by atoms with Gasteiger partial charge in [0.25, 0.3) is 0 Å². The predicted molar refractivity (Wildman–Crippen MR) is 52.0 cm³/mol. The first-order valence-corrected chi connectivity index (χ1v) is 4.40. The molecule has 0 unspecified atom stereocenters. The molecule has 0 saturated heterocycles. The number of methoxy groups -OCH3 is 1. The average Bonchev–Trinajstić information content (AvgIpc) is 2.18. The molecule has 0 saturated carbocycles. The molecule has 0 aliphatic heterocycles. The summed E-state index contributed by atoms with van der Waals surface area (Å²) in [7, 11) is 1.57. The van der Waals surface area contributed by atoms with Crippen molar-refractivity contribution in [2.45, 2.75) is 12.8 Å². The van der Waals surface area contributed by atoms with E-state index in [9.17, 15) is 0 Å². The summed E-state index contributed by atoms with van der Waals surface area (Å²) in [5.74, 6) is 1.08. The third-order valence-electron chi connectivity index (χ3n) is 1.99. The molecular weight excluding hydrogens is 186 g/mol. The van der Waals surface area contributed by atoms with Gasteiger partial charge in [-0.15, -0.1) is 11.6 Å². The quantitative estimate of drug-likeness (QED) is 0.680. The van der Waals surface area contributed by atoms with Crippen molar-refractivity contribution in [2.24, 2.45) is 0 Å². The van der Waals surface area contributed by atoms with Crippen molar-refractivity contribution in [1.29, 1.82) is 5.26 Å². The van der Waals surface area contributed by atoms with Crippen LogP contribution in [0.1, 0.15) is 16.7 Å². The summed E-state index contributed by atoms with van der Waals surface area (Å²) in [5.41, 5.74) is 2.49. The molecule has 0 heterocycles. The van der Waals surface area contributed by atoms with Crippen LogP contribution in [0.15, 0.2) is 12.1 Å². The number of benzene rings is 1. The van der Waals surface area contributed by atoms with Crippen molar-refractivity contribution in [2.75, 3.05) is 7.11 Å². The number of halogens is 1. The molecular formula is C10H10ClNO. The lowest BCUT2D eigenvalue weighted by Crippen LogP contribution is -1.93. The number of hydrogen-bond acceptors (Lipinski definition) is 2. The van der Waals surface area contributed by atoms with Gasteiger partial charge in [-0.2, -0.15) is 5.26 Å². The first kappa shape index (κ1) is 9.88. The van der Waals surface area contributed by atoms with Gasteiger partial charge >= 0.3 is 0 Å². The van der Waals surface area contributed by atoms with Gasteiger partial charge in [0.05, 0.1) is 18.7 Å². The number of hydrogen-bond donors (Lipinski definition) is 0. The third-order valence-corrected chi connectivity index (χ3v) is 2.28. The molecule has 0 fully saturated rings. The summed E-state index contributed by atoms with van der Waals surface area (Å²) in [4.78, 5) is 0. The van der Waals surface area contributed by atoms with E-state index in [0.717, 1.165) is 11.1 Å². The van der Waals surface area contributed by atoms with Gasteiger partial charge in [0, 0.05) is 5.88 Å². The minimum absolute atomic E-state index is 0.401. The highest BCUT2D eigenvalue weighted by Crippen LogP contribution is 2.22. The van der Waals surface area contributed by atoms with E-state index in [4.69, 9.17) is 21.6 Å². The Morgan fingerprint density at radius 2 is 2.23 bits per heavy atom. The van der Waals surface area contributed by atoms with Gasteiger partial charge in [-0.05, 0) is 30.2 Å². The van der Waals surface area contributed by atoms with Crippen LogP contribution in [-0.2, 0) is 5.88 Å². The molecule has 0 N–H and O–H groups in total. The van der Waals surface area contributed by atoms with Crippen molar-refractivity contribution in [3.63, 3.8) is 0 Å². The fourth-order valence-electron chi connectivity index (χ4n) is 1.12. The zero-order chi connectivity index (χ0) is 9.84. The number of nitrogens with zero attached hydrogens (tertiary/aromatic N) is 1. The van der Waals surface area contributed by atoms with Crippen LogP contribution in [0.25, 0.3) is 0 Å². The summed E-state index contributed by atoms with van der Waals surface area (Å²) < 4.78 is 5.04. The number of nitriles is 1. The van der Waals surface area contributed by atoms with Gasteiger partial charge in [-0.25, -0.2) is 0 Å². The molecule has 0 radical (unpaired) electrons. The van der Waals surface area contributed by atoms with E-state index >= 15 is 0 Å². The minimum atomic E-state index is 0.401. The van der Waals surface area contributed by atoms with E-state index in [2.05, 4.69) is 6.07 Å². The van der Waals surface area contributed by atoms with E-state index in [-0.39, 0.29) is 0 Å². The second-order valence-electron chi connectivity index (χ2n) is 2.70. The van der Waals surface area contributed by atoms with Gasteiger partial charge in [0.15, 0.2) is 0 Å². The van der Waals surface area contributed by atoms with Crippen molar-refractivity contribution in [1.82, 2.24) is 0 Å². The van der Waals surface area contributed by atoms with Crippen molar-refractivity contribution >= 4 is 11.6 Å². The highest BCUT2D eigenvalue weighted by molar-refractivity contribution is 6.17. The maximum Gasteiger partial charge on any atom is 0.120 e. The molecule has 2 nitrogen and oxygen atoms in total. The normalized spacial score (nSPS) is 9.38. The van der Waals surface area contributed by atoms with E-state index < -0.39 is 0 Å². The molecule has 1 aromatic carbocycles. The topological polar surface area (TPSA) is 33.0 Å². The fraction of sp³-hybridized carbons (Fsp3) is 0.300. The van der Waals surface area contributed by atoms with Gasteiger partial charge in [-0.3, -0.25) is 0 Å². The molecule has 3 heteroatoms. The Labute approximate surface area is 82.7 Å². The smallest absolute Gasteiger partial charge is 0.120 e. The maximum atomic E-state index is 8.81. The monoisotopic (exact) mass is 195 g/mol. The van der Waals surface area contributed by atoms with Crippen molar-refractivity contribution in [3.05, 3.63) is 28.8 Å². The zero-order valence-corrected chi connectivity index (χ0v) is 8.35. The van der Waals surface area contributed by atoms with Crippen LogP contribution in [0.2, 0.25) is 0 Å². The Morgan fingerprint density at radius 1 is 1.54 bits per heavy atom. The molecule has 1 rings (SSSR count). The summed E-state index contributed by atoms with van der Waals surface area (Å²) in [5, 5.41) is 8.81. The summed E-state index contributed by atoms with van der Waals surface area (Å²) in [6, 6.07) is 5.67. The van der Waals surface area contributed by atoms with Gasteiger partial charge in [-0.1, -0.05) is 0 Å². The van der Waals surface area contributed by atoms with Crippen LogP contribution in [0.5, 0.6) is 5.75 Å². The average molecular weight is 196 g/mol. The highest BCUT2D eigenvalue weighted by Gasteiger charge is 2.05. The first-order chi connectivity index (χ1) is 6.22. The van der Waals surface area contributed by atoms with Crippen LogP contribution in [0, 0.1) is 18.3 Å². The van der Waals surface area contributed by atoms with Crippen LogP contribution in [0.4, 0.5) is 0 Å². The van der Waals surface area contributed by atoms with Crippen molar-refractivity contribution in [3.8, 4) is 11.8 Å². The van der Waals surface area contributed by atoms with E-state index in [0.29, 0.717) is 17.2 Å². The Kier molecular flexibility index (Phi) is 3.16. The van der Waals surface area contributed by atoms with Crippen LogP contribution >= 0.6 is 11.6 Å². The van der Waals surface area contributed by atoms with Crippen LogP contribution in [0.3, 0.4) is 0 Å². The number of alkyl halides is 1. The summed E-state index contributed by atoms with van der Waals surface area (Å²) in [6.07, 6.45) is 0. The van der Waals surface area contributed by atoms with Crippen LogP contribution < -0.4 is 4.74 Å². The van der Waals surface area contributed by atoms with Crippen molar-refractivity contribution < 1.29 is 4.74 Å². The third kappa shape index (κ3) is 1.93. The number of rotatable bonds is 2. The Bertz CT molecular complexity index is 355. The molecule has 0 amide bonds. The standard InChI is InChI=1S/C10H10ClNO/c1-7-8(5-11)3-10(13-2)4-9(7)6-12/h3-4H,5H2,1-2H3. The Morgan fingerprint density at radius 3 is 2.69 bits per heavy atom. The minimum Gasteiger partial charge on any atom is -0.497 e. The second kappa shape index (κ2) is 4.15. The maximum absolute atomic E-state index is 8.81. The van der Waals surface area contributed by atoms with Crippen LogP contribution in [-0.4, -0.2) is 7.11 Å². The lowest BCUT2D eigenvalue weighted by molar-refractivity contribution is 0.414. The molecule has 68 valence electrons. The Balaban J connectivity index is 3.31. The van der Waals surface area contributed by atoms with Gasteiger partial charge in [0.1, 0.15) is 5.75 Å². The molecule has 0 aromatic heterocycles. The predicted octanol–water partition coefficient (Wildman–Crippen LogP) is 2.61. The fourth-order valence-corrected chi connectivity index (χ4v) is 1.40. The molecule has 0 spiro atoms. The largest absolute Gasteiger partial charge is 0.497 e. The van der Waals surface area contributed by atoms with Gasteiger partial charge < -0.3 is 4.74 Å². The molecule has 0 aliphatic carbocycles. The second-order valence-corrected chi connectivity index (χ2v) is 2.97. The van der Waals surface area contributed by atoms with E-state index in [1.807, 2.05) is 13.0 Å². The Hall–Kier alpha value is -1.20. The lowest BCUT2D eigenvalue weighted by Gasteiger charge is -2.07. The highest BCUT2D eigenvalue weighted by atomic mass is 35.5. The SMILES string of the molecule is COc1cc(C#N)c(C)c(CCl)c1. The molecule has 1 aromatic rings. The summed E-state index contributed by atoms with van der Waals surface area (Å²) in [6.45, 7) is 1.88. The van der Waals surface area contributed by atoms with E-state index in [1.165, 1.54) is 0 Å². The summed E-state index contributed by atoms with van der Waals surface area (Å²) >= 11 is 5.73. The van der Waals surface area contributed by atoms with E-state index in [1.54, 1.807) is 13.2 Å². The lowest BCUT2D eigenvalue weighted by atomic mass is 10.0. The van der Waals surface area contributed by atoms with Gasteiger partial charge in [0.2, 0.25) is 0 Å². The molecule has 13 heavy (non-hydrogen) atoms. The number of ether oxygens (including phenoxy) is 1.